The van der Waals surface area contributed by atoms with Crippen LogP contribution in [0.4, 0.5) is 11.6 Å². The molecule has 0 atom stereocenters. The van der Waals surface area contributed by atoms with E-state index < -0.39 is 0 Å². The molecule has 2 aliphatic rings. The fourth-order valence-electron chi connectivity index (χ4n) is 4.12. The highest BCUT2D eigenvalue weighted by molar-refractivity contribution is 6.01. The lowest BCUT2D eigenvalue weighted by Crippen LogP contribution is -2.33. The van der Waals surface area contributed by atoms with E-state index in [4.69, 9.17) is 10.5 Å². The number of nitrogen functional groups attached to an aromatic ring is 1. The maximum atomic E-state index is 12.5. The van der Waals surface area contributed by atoms with Crippen LogP contribution in [0.3, 0.4) is 0 Å². The van der Waals surface area contributed by atoms with Crippen LogP contribution in [0.2, 0.25) is 0 Å². The molecule has 0 unspecified atom stereocenters. The maximum absolute atomic E-state index is 12.5. The van der Waals surface area contributed by atoms with Crippen LogP contribution < -0.4 is 15.4 Å². The molecule has 2 aliphatic heterocycles. The number of amides is 1. The second-order valence-electron chi connectivity index (χ2n) is 7.99. The van der Waals surface area contributed by atoms with Crippen molar-refractivity contribution in [3.05, 3.63) is 5.56 Å². The van der Waals surface area contributed by atoms with Crippen molar-refractivity contribution in [2.24, 2.45) is 5.92 Å². The number of hydrogen-bond donors (Lipinski definition) is 1. The van der Waals surface area contributed by atoms with Crippen LogP contribution in [0.25, 0.3) is 0 Å². The predicted octanol–water partition coefficient (Wildman–Crippen LogP) is 3.03. The van der Waals surface area contributed by atoms with Gasteiger partial charge in [0.25, 0.3) is 0 Å². The van der Waals surface area contributed by atoms with Gasteiger partial charge >= 0.3 is 6.01 Å². The summed E-state index contributed by atoms with van der Waals surface area (Å²) in [4.78, 5) is 25.5. The minimum atomic E-state index is 0.0676. The summed E-state index contributed by atoms with van der Waals surface area (Å²) in [6.45, 7) is 9.24. The van der Waals surface area contributed by atoms with Crippen LogP contribution in [0.15, 0.2) is 0 Å². The quantitative estimate of drug-likeness (QED) is 0.619. The number of likely N-dealkylation sites (tertiary alicyclic amines) is 1. The van der Waals surface area contributed by atoms with Gasteiger partial charge in [-0.05, 0) is 51.2 Å². The molecule has 0 aliphatic carbocycles. The highest BCUT2D eigenvalue weighted by atomic mass is 16.5. The van der Waals surface area contributed by atoms with Crippen LogP contribution in [0, 0.1) is 5.92 Å². The Kier molecular flexibility index (Phi) is 7.48. The van der Waals surface area contributed by atoms with E-state index in [-0.39, 0.29) is 11.9 Å². The molecule has 1 amide bonds. The Hall–Kier alpha value is -1.89. The standard InChI is InChI=1S/C21H35N5O2/c1-3-5-14-28-21-23-19(22)17-15-18(27)26(20(17)24-21)11-7-6-8-16-9-12-25(4-2)13-10-16/h16H,3-15H2,1-2H3,(H2,22,23,24). The molecule has 3 rings (SSSR count). The molecule has 0 radical (unpaired) electrons. The van der Waals surface area contributed by atoms with Gasteiger partial charge in [-0.25, -0.2) is 0 Å². The number of piperidine rings is 1. The van der Waals surface area contributed by atoms with Gasteiger partial charge in [0.05, 0.1) is 13.0 Å². The summed E-state index contributed by atoms with van der Waals surface area (Å²) < 4.78 is 5.61. The van der Waals surface area contributed by atoms with E-state index in [2.05, 4.69) is 28.7 Å². The van der Waals surface area contributed by atoms with E-state index in [1.54, 1.807) is 4.90 Å². The Bertz CT molecular complexity index is 658. The summed E-state index contributed by atoms with van der Waals surface area (Å²) in [5, 5.41) is 0. The molecule has 1 aromatic heterocycles. The number of hydrogen-bond acceptors (Lipinski definition) is 6. The van der Waals surface area contributed by atoms with Crippen molar-refractivity contribution in [2.45, 2.75) is 65.2 Å². The minimum Gasteiger partial charge on any atom is -0.463 e. The number of nitrogens with two attached hydrogens (primary N) is 1. The highest BCUT2D eigenvalue weighted by Gasteiger charge is 2.32. The first-order chi connectivity index (χ1) is 13.6. The lowest BCUT2D eigenvalue weighted by Gasteiger charge is -2.31. The van der Waals surface area contributed by atoms with E-state index in [9.17, 15) is 4.79 Å². The van der Waals surface area contributed by atoms with Crippen molar-refractivity contribution < 1.29 is 9.53 Å². The third kappa shape index (κ3) is 5.13. The highest BCUT2D eigenvalue weighted by Crippen LogP contribution is 2.32. The average Bonchev–Trinajstić information content (AvgIpc) is 3.02. The SMILES string of the molecule is CCCCOc1nc(N)c2c(n1)N(CCCCC1CCN(CC)CC1)C(=O)C2. The third-order valence-electron chi connectivity index (χ3n) is 6.01. The molecule has 7 nitrogen and oxygen atoms in total. The van der Waals surface area contributed by atoms with Crippen molar-refractivity contribution in [2.75, 3.05) is 43.4 Å². The number of carbonyl (C=O) groups is 1. The Morgan fingerprint density at radius 1 is 1.14 bits per heavy atom. The summed E-state index contributed by atoms with van der Waals surface area (Å²) in [6, 6.07) is 0.284. The van der Waals surface area contributed by atoms with Gasteiger partial charge in [-0.3, -0.25) is 9.69 Å². The predicted molar refractivity (Wildman–Crippen MR) is 112 cm³/mol. The molecule has 0 bridgehead atoms. The first-order valence-electron chi connectivity index (χ1n) is 10.9. The lowest BCUT2D eigenvalue weighted by atomic mass is 9.91. The van der Waals surface area contributed by atoms with Crippen LogP contribution in [-0.2, 0) is 11.2 Å². The van der Waals surface area contributed by atoms with E-state index >= 15 is 0 Å². The van der Waals surface area contributed by atoms with Crippen molar-refractivity contribution in [1.29, 1.82) is 0 Å². The van der Waals surface area contributed by atoms with Crippen molar-refractivity contribution in [3.8, 4) is 6.01 Å². The second-order valence-corrected chi connectivity index (χ2v) is 7.99. The number of nitrogens with zero attached hydrogens (tertiary/aromatic N) is 4. The molecule has 2 N–H and O–H groups in total. The molecule has 0 spiro atoms. The Labute approximate surface area is 168 Å². The number of aromatic nitrogens is 2. The molecule has 156 valence electrons. The lowest BCUT2D eigenvalue weighted by molar-refractivity contribution is -0.117. The van der Waals surface area contributed by atoms with Crippen LogP contribution in [0.1, 0.15) is 64.4 Å². The molecule has 1 fully saturated rings. The number of unbranched alkanes of at least 4 members (excludes halogenated alkanes) is 2. The fraction of sp³-hybridized carbons (Fsp3) is 0.762. The minimum absolute atomic E-state index is 0.0676. The van der Waals surface area contributed by atoms with Crippen LogP contribution in [0.5, 0.6) is 6.01 Å². The first kappa shape index (κ1) is 20.8. The van der Waals surface area contributed by atoms with Crippen LogP contribution >= 0.6 is 0 Å². The van der Waals surface area contributed by atoms with Gasteiger partial charge in [0.1, 0.15) is 11.6 Å². The van der Waals surface area contributed by atoms with Crippen molar-refractivity contribution in [1.82, 2.24) is 14.9 Å². The van der Waals surface area contributed by atoms with E-state index in [0.29, 0.717) is 31.2 Å². The summed E-state index contributed by atoms with van der Waals surface area (Å²) in [7, 11) is 0. The Morgan fingerprint density at radius 2 is 1.93 bits per heavy atom. The fourth-order valence-corrected chi connectivity index (χ4v) is 4.12. The average molecular weight is 390 g/mol. The number of ether oxygens (including phenoxy) is 1. The zero-order valence-electron chi connectivity index (χ0n) is 17.5. The maximum Gasteiger partial charge on any atom is 0.320 e. The molecular weight excluding hydrogens is 354 g/mol. The van der Waals surface area contributed by atoms with Gasteiger partial charge in [-0.1, -0.05) is 33.1 Å². The van der Waals surface area contributed by atoms with Gasteiger partial charge in [-0.2, -0.15) is 9.97 Å². The number of fused-ring (bicyclic) bond motifs is 1. The van der Waals surface area contributed by atoms with Crippen molar-refractivity contribution in [3.63, 3.8) is 0 Å². The molecule has 3 heterocycles. The first-order valence-corrected chi connectivity index (χ1v) is 10.9. The van der Waals surface area contributed by atoms with E-state index in [1.807, 2.05) is 0 Å². The number of anilines is 2. The normalized spacial score (nSPS) is 17.9. The van der Waals surface area contributed by atoms with Gasteiger partial charge in [0.2, 0.25) is 5.91 Å². The molecule has 7 heteroatoms. The zero-order valence-corrected chi connectivity index (χ0v) is 17.5. The van der Waals surface area contributed by atoms with Gasteiger partial charge in [0, 0.05) is 12.1 Å². The van der Waals surface area contributed by atoms with Gasteiger partial charge in [0.15, 0.2) is 0 Å². The van der Waals surface area contributed by atoms with Crippen molar-refractivity contribution >= 4 is 17.5 Å². The van der Waals surface area contributed by atoms with E-state index in [0.717, 1.165) is 37.2 Å². The molecule has 1 aromatic rings. The molecule has 0 aromatic carbocycles. The summed E-state index contributed by atoms with van der Waals surface area (Å²) in [5.41, 5.74) is 6.81. The Balaban J connectivity index is 1.50. The molecular formula is C21H35N5O2. The monoisotopic (exact) mass is 389 g/mol. The van der Waals surface area contributed by atoms with Crippen LogP contribution in [-0.4, -0.2) is 53.6 Å². The second kappa shape index (κ2) is 10.0. The smallest absolute Gasteiger partial charge is 0.320 e. The third-order valence-corrected chi connectivity index (χ3v) is 6.01. The van der Waals surface area contributed by atoms with E-state index in [1.165, 1.54) is 38.9 Å². The Morgan fingerprint density at radius 3 is 2.64 bits per heavy atom. The molecule has 28 heavy (non-hydrogen) atoms. The summed E-state index contributed by atoms with van der Waals surface area (Å²) in [5.74, 6) is 1.93. The molecule has 0 saturated carbocycles. The van der Waals surface area contributed by atoms with Gasteiger partial charge < -0.3 is 15.4 Å². The van der Waals surface area contributed by atoms with Gasteiger partial charge in [-0.15, -0.1) is 0 Å². The number of carbonyl (C=O) groups excluding carboxylic acids is 1. The summed E-state index contributed by atoms with van der Waals surface area (Å²) in [6.07, 6.45) is 8.30. The zero-order chi connectivity index (χ0) is 19.9. The molecule has 1 saturated heterocycles. The largest absolute Gasteiger partial charge is 0.463 e. The topological polar surface area (TPSA) is 84.6 Å². The summed E-state index contributed by atoms with van der Waals surface area (Å²) >= 11 is 0. The number of rotatable bonds is 10.